The van der Waals surface area contributed by atoms with Crippen molar-refractivity contribution in [2.75, 3.05) is 13.2 Å². The number of carbonyl (C=O) groups excluding carboxylic acids is 1. The molecule has 0 saturated carbocycles. The largest absolute Gasteiger partial charge is 0.379 e. The Labute approximate surface area is 91.5 Å². The Morgan fingerprint density at radius 2 is 2.13 bits per heavy atom. The zero-order chi connectivity index (χ0) is 11.7. The third kappa shape index (κ3) is 3.18. The second-order valence-corrected chi connectivity index (χ2v) is 5.70. The molecule has 0 radical (unpaired) electrons. The van der Waals surface area contributed by atoms with Gasteiger partial charge in [0.25, 0.3) is 0 Å². The number of carbonyl (C=O) groups is 1. The molecule has 88 valence electrons. The third-order valence-electron chi connectivity index (χ3n) is 2.86. The van der Waals surface area contributed by atoms with Crippen LogP contribution in [-0.2, 0) is 9.53 Å². The summed E-state index contributed by atoms with van der Waals surface area (Å²) < 4.78 is 5.27. The lowest BCUT2D eigenvalue weighted by Gasteiger charge is -2.31. The molecule has 4 nitrogen and oxygen atoms in total. The van der Waals surface area contributed by atoms with Crippen LogP contribution < -0.4 is 11.1 Å². The van der Waals surface area contributed by atoms with Gasteiger partial charge < -0.3 is 15.8 Å². The lowest BCUT2D eigenvalue weighted by atomic mass is 9.86. The van der Waals surface area contributed by atoms with Crippen molar-refractivity contribution in [3.8, 4) is 0 Å². The summed E-state index contributed by atoms with van der Waals surface area (Å²) in [6, 6.07) is -0.477. The van der Waals surface area contributed by atoms with Crippen LogP contribution in [0.3, 0.4) is 0 Å². The first-order valence-corrected chi connectivity index (χ1v) is 5.40. The van der Waals surface area contributed by atoms with E-state index in [1.807, 2.05) is 27.7 Å². The van der Waals surface area contributed by atoms with Gasteiger partial charge in [-0.1, -0.05) is 20.8 Å². The van der Waals surface area contributed by atoms with Gasteiger partial charge in [0, 0.05) is 6.61 Å². The third-order valence-corrected chi connectivity index (χ3v) is 2.86. The van der Waals surface area contributed by atoms with Gasteiger partial charge in [0.1, 0.15) is 0 Å². The second kappa shape index (κ2) is 4.10. The van der Waals surface area contributed by atoms with E-state index in [-0.39, 0.29) is 16.9 Å². The van der Waals surface area contributed by atoms with E-state index < -0.39 is 6.04 Å². The van der Waals surface area contributed by atoms with Gasteiger partial charge in [-0.05, 0) is 18.8 Å². The van der Waals surface area contributed by atoms with Gasteiger partial charge in [-0.2, -0.15) is 0 Å². The molecule has 4 heteroatoms. The zero-order valence-corrected chi connectivity index (χ0v) is 10.1. The van der Waals surface area contributed by atoms with Crippen LogP contribution in [0.15, 0.2) is 0 Å². The standard InChI is InChI=1S/C11H22N2O2/c1-10(2,3)8(12)9(14)13-11(4)5-6-15-7-11/h8H,5-7,12H2,1-4H3,(H,13,14)/t8-,11?/m0/s1. The summed E-state index contributed by atoms with van der Waals surface area (Å²) in [5.41, 5.74) is 5.43. The van der Waals surface area contributed by atoms with Crippen LogP contribution >= 0.6 is 0 Å². The van der Waals surface area contributed by atoms with E-state index in [0.29, 0.717) is 13.2 Å². The molecule has 3 N–H and O–H groups in total. The number of ether oxygens (including phenoxy) is 1. The summed E-state index contributed by atoms with van der Waals surface area (Å²) in [6.45, 7) is 9.17. The number of hydrogen-bond donors (Lipinski definition) is 2. The van der Waals surface area contributed by atoms with E-state index in [0.717, 1.165) is 6.42 Å². The molecule has 1 aliphatic rings. The molecule has 1 amide bonds. The van der Waals surface area contributed by atoms with Crippen molar-refractivity contribution in [3.05, 3.63) is 0 Å². The zero-order valence-electron chi connectivity index (χ0n) is 10.1. The van der Waals surface area contributed by atoms with Gasteiger partial charge in [0.15, 0.2) is 0 Å². The molecule has 0 aromatic rings. The topological polar surface area (TPSA) is 64.4 Å². The van der Waals surface area contributed by atoms with Crippen molar-refractivity contribution in [2.45, 2.75) is 45.7 Å². The average Bonchev–Trinajstić information content (AvgIpc) is 2.48. The first-order valence-electron chi connectivity index (χ1n) is 5.40. The summed E-state index contributed by atoms with van der Waals surface area (Å²) in [5.74, 6) is -0.0875. The molecule has 0 aromatic carbocycles. The van der Waals surface area contributed by atoms with Crippen LogP contribution in [-0.4, -0.2) is 30.7 Å². The maximum Gasteiger partial charge on any atom is 0.237 e. The van der Waals surface area contributed by atoms with Crippen LogP contribution in [0.5, 0.6) is 0 Å². The first-order chi connectivity index (χ1) is 6.75. The molecule has 0 aromatic heterocycles. The quantitative estimate of drug-likeness (QED) is 0.709. The molecule has 1 aliphatic heterocycles. The SMILES string of the molecule is CC1(NC(=O)[C@H](N)C(C)(C)C)CCOC1. The lowest BCUT2D eigenvalue weighted by Crippen LogP contribution is -2.56. The monoisotopic (exact) mass is 214 g/mol. The van der Waals surface area contributed by atoms with E-state index in [2.05, 4.69) is 5.32 Å². The Bertz CT molecular complexity index is 239. The molecule has 1 fully saturated rings. The normalized spacial score (nSPS) is 28.9. The van der Waals surface area contributed by atoms with Crippen molar-refractivity contribution < 1.29 is 9.53 Å². The number of hydrogen-bond acceptors (Lipinski definition) is 3. The second-order valence-electron chi connectivity index (χ2n) is 5.70. The molecule has 0 bridgehead atoms. The van der Waals surface area contributed by atoms with Gasteiger partial charge >= 0.3 is 0 Å². The highest BCUT2D eigenvalue weighted by atomic mass is 16.5. The Morgan fingerprint density at radius 1 is 1.53 bits per heavy atom. The van der Waals surface area contributed by atoms with Gasteiger partial charge in [-0.3, -0.25) is 4.79 Å². The highest BCUT2D eigenvalue weighted by Gasteiger charge is 2.35. The van der Waals surface area contributed by atoms with E-state index in [1.165, 1.54) is 0 Å². The Balaban J connectivity index is 2.55. The smallest absolute Gasteiger partial charge is 0.237 e. The summed E-state index contributed by atoms with van der Waals surface area (Å²) >= 11 is 0. The Hall–Kier alpha value is -0.610. The summed E-state index contributed by atoms with van der Waals surface area (Å²) in [4.78, 5) is 11.9. The van der Waals surface area contributed by atoms with E-state index in [4.69, 9.17) is 10.5 Å². The molecule has 15 heavy (non-hydrogen) atoms. The molecular weight excluding hydrogens is 192 g/mol. The highest BCUT2D eigenvalue weighted by Crippen LogP contribution is 2.21. The van der Waals surface area contributed by atoms with E-state index in [1.54, 1.807) is 0 Å². The van der Waals surface area contributed by atoms with Crippen LogP contribution in [0.25, 0.3) is 0 Å². The van der Waals surface area contributed by atoms with Crippen LogP contribution in [0, 0.1) is 5.41 Å². The molecule has 1 heterocycles. The molecule has 0 spiro atoms. The fourth-order valence-electron chi connectivity index (χ4n) is 1.53. The predicted octanol–water partition coefficient (Wildman–Crippen LogP) is 0.655. The first kappa shape index (κ1) is 12.5. The molecule has 1 unspecified atom stereocenters. The minimum absolute atomic E-state index is 0.0875. The minimum Gasteiger partial charge on any atom is -0.379 e. The molecule has 2 atom stereocenters. The van der Waals surface area contributed by atoms with Crippen LogP contribution in [0.2, 0.25) is 0 Å². The number of rotatable bonds is 2. The Morgan fingerprint density at radius 3 is 2.53 bits per heavy atom. The van der Waals surface area contributed by atoms with E-state index >= 15 is 0 Å². The van der Waals surface area contributed by atoms with Gasteiger partial charge in [-0.15, -0.1) is 0 Å². The fourth-order valence-corrected chi connectivity index (χ4v) is 1.53. The van der Waals surface area contributed by atoms with Crippen molar-refractivity contribution >= 4 is 5.91 Å². The van der Waals surface area contributed by atoms with E-state index in [9.17, 15) is 4.79 Å². The molecular formula is C11H22N2O2. The average molecular weight is 214 g/mol. The molecule has 1 saturated heterocycles. The molecule has 1 rings (SSSR count). The fraction of sp³-hybridized carbons (Fsp3) is 0.909. The van der Waals surface area contributed by atoms with Gasteiger partial charge in [-0.25, -0.2) is 0 Å². The maximum atomic E-state index is 11.9. The maximum absolute atomic E-state index is 11.9. The van der Waals surface area contributed by atoms with Crippen molar-refractivity contribution in [3.63, 3.8) is 0 Å². The summed E-state index contributed by atoms with van der Waals surface area (Å²) in [7, 11) is 0. The number of amides is 1. The van der Waals surface area contributed by atoms with Crippen LogP contribution in [0.1, 0.15) is 34.1 Å². The number of nitrogens with one attached hydrogen (secondary N) is 1. The lowest BCUT2D eigenvalue weighted by molar-refractivity contribution is -0.126. The highest BCUT2D eigenvalue weighted by molar-refractivity contribution is 5.83. The Kier molecular flexibility index (Phi) is 3.41. The van der Waals surface area contributed by atoms with Gasteiger partial charge in [0.05, 0.1) is 18.2 Å². The van der Waals surface area contributed by atoms with Gasteiger partial charge in [0.2, 0.25) is 5.91 Å². The van der Waals surface area contributed by atoms with Crippen molar-refractivity contribution in [1.82, 2.24) is 5.32 Å². The van der Waals surface area contributed by atoms with Crippen molar-refractivity contribution in [2.24, 2.45) is 11.1 Å². The van der Waals surface area contributed by atoms with Crippen molar-refractivity contribution in [1.29, 1.82) is 0 Å². The van der Waals surface area contributed by atoms with Crippen LogP contribution in [0.4, 0.5) is 0 Å². The summed E-state index contributed by atoms with van der Waals surface area (Å²) in [6.07, 6.45) is 0.857. The molecule has 0 aliphatic carbocycles. The predicted molar refractivity (Wildman–Crippen MR) is 59.4 cm³/mol. The minimum atomic E-state index is -0.477. The number of nitrogens with two attached hydrogens (primary N) is 1. The summed E-state index contributed by atoms with van der Waals surface area (Å²) in [5, 5.41) is 2.97.